The maximum atomic E-state index is 13.1. The Morgan fingerprint density at radius 2 is 1.77 bits per heavy atom. The zero-order valence-corrected chi connectivity index (χ0v) is 16.3. The second-order valence-electron chi connectivity index (χ2n) is 7.66. The van der Waals surface area contributed by atoms with Gasteiger partial charge >= 0.3 is 0 Å². The van der Waals surface area contributed by atoms with Gasteiger partial charge in [-0.2, -0.15) is 17.0 Å². The van der Waals surface area contributed by atoms with Crippen molar-refractivity contribution in [1.29, 1.82) is 0 Å². The first-order valence-electron chi connectivity index (χ1n) is 9.75. The van der Waals surface area contributed by atoms with E-state index in [9.17, 15) is 8.42 Å². The van der Waals surface area contributed by atoms with Gasteiger partial charge in [0.2, 0.25) is 0 Å². The molecule has 1 aromatic carbocycles. The van der Waals surface area contributed by atoms with Crippen molar-refractivity contribution in [2.45, 2.75) is 51.4 Å². The summed E-state index contributed by atoms with van der Waals surface area (Å²) in [6.07, 6.45) is 6.07. The van der Waals surface area contributed by atoms with Crippen molar-refractivity contribution in [3.63, 3.8) is 0 Å². The van der Waals surface area contributed by atoms with E-state index in [2.05, 4.69) is 24.0 Å². The van der Waals surface area contributed by atoms with E-state index in [1.165, 1.54) is 5.56 Å². The molecule has 3 heterocycles. The van der Waals surface area contributed by atoms with Gasteiger partial charge in [-0.3, -0.25) is 0 Å². The number of imidazole rings is 1. The minimum absolute atomic E-state index is 0.137. The van der Waals surface area contributed by atoms with Crippen molar-refractivity contribution in [3.8, 4) is 0 Å². The fourth-order valence-electron chi connectivity index (χ4n) is 4.15. The summed E-state index contributed by atoms with van der Waals surface area (Å²) in [7, 11) is -3.36. The number of nitrogens with one attached hydrogen (secondary N) is 1. The first-order chi connectivity index (χ1) is 12.5. The van der Waals surface area contributed by atoms with Crippen LogP contribution in [0.2, 0.25) is 0 Å². The minimum atomic E-state index is -3.36. The van der Waals surface area contributed by atoms with Crippen molar-refractivity contribution in [2.75, 3.05) is 26.2 Å². The molecule has 0 amide bonds. The van der Waals surface area contributed by atoms with Gasteiger partial charge in [0.15, 0.2) is 0 Å². The van der Waals surface area contributed by atoms with Gasteiger partial charge in [-0.15, -0.1) is 0 Å². The van der Waals surface area contributed by atoms with E-state index >= 15 is 0 Å². The highest BCUT2D eigenvalue weighted by atomic mass is 32.2. The average Bonchev–Trinajstić information content (AvgIpc) is 2.86. The summed E-state index contributed by atoms with van der Waals surface area (Å²) in [5.41, 5.74) is 3.19. The SMILES string of the molecule is Cc1ccc2nc(C3CCCN(S(=O)(=O)N4CCCCCC4)C3)[nH]c2c1. The molecule has 1 aromatic heterocycles. The first kappa shape index (κ1) is 17.9. The van der Waals surface area contributed by atoms with Gasteiger partial charge in [0.25, 0.3) is 10.2 Å². The van der Waals surface area contributed by atoms with Crippen LogP contribution in [0.15, 0.2) is 18.2 Å². The quantitative estimate of drug-likeness (QED) is 0.894. The van der Waals surface area contributed by atoms with Crippen LogP contribution < -0.4 is 0 Å². The predicted octanol–water partition coefficient (Wildman–Crippen LogP) is 3.17. The van der Waals surface area contributed by atoms with Gasteiger partial charge in [0.05, 0.1) is 11.0 Å². The fraction of sp³-hybridized carbons (Fsp3) is 0.632. The Labute approximate surface area is 155 Å². The summed E-state index contributed by atoms with van der Waals surface area (Å²) < 4.78 is 29.6. The molecule has 1 N–H and O–H groups in total. The molecule has 6 nitrogen and oxygen atoms in total. The standard InChI is InChI=1S/C19H28N4O2S/c1-15-8-9-17-18(13-15)21-19(20-17)16-7-6-12-23(14-16)26(24,25)22-10-4-2-3-5-11-22/h8-9,13,16H,2-7,10-12,14H2,1H3,(H,20,21). The number of benzene rings is 1. The van der Waals surface area contributed by atoms with Crippen LogP contribution in [0.4, 0.5) is 0 Å². The van der Waals surface area contributed by atoms with E-state index in [0.29, 0.717) is 26.2 Å². The number of rotatable bonds is 3. The van der Waals surface area contributed by atoms with Crippen molar-refractivity contribution >= 4 is 21.2 Å². The lowest BCUT2D eigenvalue weighted by atomic mass is 9.99. The van der Waals surface area contributed by atoms with Crippen molar-refractivity contribution in [1.82, 2.24) is 18.6 Å². The Kier molecular flexibility index (Phi) is 5.03. The average molecular weight is 377 g/mol. The highest BCUT2D eigenvalue weighted by molar-refractivity contribution is 7.86. The number of aromatic nitrogens is 2. The van der Waals surface area contributed by atoms with Gasteiger partial charge < -0.3 is 4.98 Å². The van der Waals surface area contributed by atoms with E-state index in [-0.39, 0.29) is 5.92 Å². The largest absolute Gasteiger partial charge is 0.342 e. The predicted molar refractivity (Wildman–Crippen MR) is 103 cm³/mol. The van der Waals surface area contributed by atoms with Gasteiger partial charge in [0, 0.05) is 32.1 Å². The maximum Gasteiger partial charge on any atom is 0.281 e. The number of piperidine rings is 1. The van der Waals surface area contributed by atoms with Crippen molar-refractivity contribution < 1.29 is 8.42 Å². The molecule has 1 unspecified atom stereocenters. The topological polar surface area (TPSA) is 69.3 Å². The maximum absolute atomic E-state index is 13.1. The molecule has 0 saturated carbocycles. The Balaban J connectivity index is 1.54. The van der Waals surface area contributed by atoms with Crippen molar-refractivity contribution in [2.24, 2.45) is 0 Å². The number of aryl methyl sites for hydroxylation is 1. The number of hydrogen-bond acceptors (Lipinski definition) is 3. The molecule has 1 atom stereocenters. The van der Waals surface area contributed by atoms with E-state index in [0.717, 1.165) is 55.4 Å². The normalized spacial score (nSPS) is 24.0. The summed E-state index contributed by atoms with van der Waals surface area (Å²) >= 11 is 0. The van der Waals surface area contributed by atoms with Crippen LogP contribution in [-0.4, -0.2) is 53.2 Å². The van der Waals surface area contributed by atoms with Gasteiger partial charge in [-0.1, -0.05) is 18.9 Å². The Morgan fingerprint density at radius 3 is 2.54 bits per heavy atom. The van der Waals surface area contributed by atoms with Crippen LogP contribution in [0.25, 0.3) is 11.0 Å². The molecule has 2 aliphatic rings. The molecule has 2 fully saturated rings. The lowest BCUT2D eigenvalue weighted by molar-refractivity contribution is 0.280. The Bertz CT molecular complexity index is 869. The van der Waals surface area contributed by atoms with Gasteiger partial charge in [-0.25, -0.2) is 4.98 Å². The fourth-order valence-corrected chi connectivity index (χ4v) is 5.92. The molecule has 0 spiro atoms. The second-order valence-corrected chi connectivity index (χ2v) is 9.59. The lowest BCUT2D eigenvalue weighted by Crippen LogP contribution is -2.48. The highest BCUT2D eigenvalue weighted by Crippen LogP contribution is 2.29. The molecule has 4 rings (SSSR count). The lowest BCUT2D eigenvalue weighted by Gasteiger charge is -2.34. The van der Waals surface area contributed by atoms with Crippen LogP contribution in [-0.2, 0) is 10.2 Å². The number of H-pyrrole nitrogens is 1. The van der Waals surface area contributed by atoms with E-state index in [1.807, 2.05) is 6.07 Å². The minimum Gasteiger partial charge on any atom is -0.342 e. The molecule has 7 heteroatoms. The Morgan fingerprint density at radius 1 is 1.04 bits per heavy atom. The zero-order valence-electron chi connectivity index (χ0n) is 15.4. The van der Waals surface area contributed by atoms with E-state index < -0.39 is 10.2 Å². The molecule has 0 radical (unpaired) electrons. The summed E-state index contributed by atoms with van der Waals surface area (Å²) in [6, 6.07) is 6.18. The number of fused-ring (bicyclic) bond motifs is 1. The number of nitrogens with zero attached hydrogens (tertiary/aromatic N) is 3. The molecule has 2 aliphatic heterocycles. The number of hydrogen-bond donors (Lipinski definition) is 1. The molecular weight excluding hydrogens is 348 g/mol. The molecule has 2 saturated heterocycles. The van der Waals surface area contributed by atoms with Gasteiger partial charge in [0.1, 0.15) is 5.82 Å². The molecule has 2 aromatic rings. The zero-order chi connectivity index (χ0) is 18.1. The van der Waals surface area contributed by atoms with Gasteiger partial charge in [-0.05, 0) is 50.3 Å². The smallest absolute Gasteiger partial charge is 0.281 e. The summed E-state index contributed by atoms with van der Waals surface area (Å²) in [5.74, 6) is 1.06. The van der Waals surface area contributed by atoms with E-state index in [1.54, 1.807) is 8.61 Å². The third-order valence-corrected chi connectivity index (χ3v) is 7.65. The van der Waals surface area contributed by atoms with Crippen LogP contribution in [0.3, 0.4) is 0 Å². The molecule has 0 bridgehead atoms. The third-order valence-electron chi connectivity index (χ3n) is 5.64. The second kappa shape index (κ2) is 7.29. The number of aromatic amines is 1. The highest BCUT2D eigenvalue weighted by Gasteiger charge is 2.35. The van der Waals surface area contributed by atoms with E-state index in [4.69, 9.17) is 4.98 Å². The molecule has 26 heavy (non-hydrogen) atoms. The van der Waals surface area contributed by atoms with Crippen molar-refractivity contribution in [3.05, 3.63) is 29.6 Å². The van der Waals surface area contributed by atoms with Crippen LogP contribution >= 0.6 is 0 Å². The molecular formula is C19H28N4O2S. The molecule has 142 valence electrons. The van der Waals surface area contributed by atoms with Crippen LogP contribution in [0.5, 0.6) is 0 Å². The summed E-state index contributed by atoms with van der Waals surface area (Å²) in [5, 5.41) is 0. The Hall–Kier alpha value is -1.44. The molecule has 0 aliphatic carbocycles. The van der Waals surface area contributed by atoms with Crippen LogP contribution in [0.1, 0.15) is 55.8 Å². The third kappa shape index (κ3) is 3.52. The summed E-state index contributed by atoms with van der Waals surface area (Å²) in [4.78, 5) is 8.15. The summed E-state index contributed by atoms with van der Waals surface area (Å²) in [6.45, 7) is 4.53. The first-order valence-corrected chi connectivity index (χ1v) is 11.2. The monoisotopic (exact) mass is 376 g/mol. The van der Waals surface area contributed by atoms with Crippen LogP contribution in [0, 0.1) is 6.92 Å².